The number of carbonyl (C=O) groups excluding carboxylic acids is 4. The number of likely N-dealkylation sites (tertiary alicyclic amines) is 1. The van der Waals surface area contributed by atoms with E-state index in [1.807, 2.05) is 6.07 Å². The Morgan fingerprint density at radius 1 is 1.10 bits per heavy atom. The average molecular weight is 583 g/mol. The number of primary amides is 1. The molecule has 0 bridgehead atoms. The third-order valence-corrected chi connectivity index (χ3v) is 6.60. The van der Waals surface area contributed by atoms with Crippen LogP contribution in [0, 0.1) is 10.1 Å². The van der Waals surface area contributed by atoms with E-state index in [9.17, 15) is 29.3 Å². The van der Waals surface area contributed by atoms with E-state index in [-0.39, 0.29) is 43.5 Å². The second-order valence-electron chi connectivity index (χ2n) is 9.51. The standard InChI is InChI=1S/C27H34N8O7/c28-24(37)21(8-4-14-31-26(29)30)34(19-10-12-20(13-11-19)35(40)41)25(38)22-9-5-15-33(22)23(36)16-32-27(39)42-17-18-6-2-1-3-7-18/h1-3,6-7,10-13,21-22H,4-5,8-9,14-17H2,(H2,28,37)(H,32,39)(H4,29,30,31)/t21-,22-/m0/s1. The van der Waals surface area contributed by atoms with Gasteiger partial charge in [-0.25, -0.2) is 4.79 Å². The summed E-state index contributed by atoms with van der Waals surface area (Å²) in [4.78, 5) is 68.7. The summed E-state index contributed by atoms with van der Waals surface area (Å²) in [6.07, 6.45) is 0.387. The summed E-state index contributed by atoms with van der Waals surface area (Å²) in [7, 11) is 0. The number of rotatable bonds is 13. The second-order valence-corrected chi connectivity index (χ2v) is 9.51. The molecule has 3 rings (SSSR count). The van der Waals surface area contributed by atoms with Gasteiger partial charge in [0.15, 0.2) is 5.96 Å². The Kier molecular flexibility index (Phi) is 11.2. The normalized spacial score (nSPS) is 14.9. The molecule has 1 aliphatic heterocycles. The van der Waals surface area contributed by atoms with E-state index in [2.05, 4.69) is 10.3 Å². The van der Waals surface area contributed by atoms with Crippen molar-refractivity contribution in [1.82, 2.24) is 10.2 Å². The molecule has 0 radical (unpaired) electrons. The summed E-state index contributed by atoms with van der Waals surface area (Å²) in [6.45, 7) is 0.0323. The molecule has 1 aliphatic rings. The zero-order chi connectivity index (χ0) is 30.6. The number of carbonyl (C=O) groups is 4. The molecule has 2 atom stereocenters. The molecule has 15 heteroatoms. The molecule has 42 heavy (non-hydrogen) atoms. The number of guanidine groups is 1. The molecule has 0 saturated carbocycles. The van der Waals surface area contributed by atoms with Gasteiger partial charge in [0, 0.05) is 30.9 Å². The van der Waals surface area contributed by atoms with Crippen LogP contribution in [0.2, 0.25) is 0 Å². The van der Waals surface area contributed by atoms with Gasteiger partial charge in [0.2, 0.25) is 11.8 Å². The van der Waals surface area contributed by atoms with E-state index in [0.717, 1.165) is 5.56 Å². The Balaban J connectivity index is 1.76. The number of aliphatic imine (C=N–C) groups is 1. The number of amides is 4. The maximum Gasteiger partial charge on any atom is 0.407 e. The molecule has 1 saturated heterocycles. The molecule has 2 aromatic rings. The number of hydrogen-bond acceptors (Lipinski definition) is 8. The van der Waals surface area contributed by atoms with Crippen molar-refractivity contribution < 1.29 is 28.8 Å². The van der Waals surface area contributed by atoms with Crippen LogP contribution in [0.4, 0.5) is 16.2 Å². The summed E-state index contributed by atoms with van der Waals surface area (Å²) in [6, 6.07) is 12.0. The summed E-state index contributed by atoms with van der Waals surface area (Å²) < 4.78 is 5.14. The lowest BCUT2D eigenvalue weighted by molar-refractivity contribution is -0.384. The summed E-state index contributed by atoms with van der Waals surface area (Å²) >= 11 is 0. The molecule has 224 valence electrons. The van der Waals surface area contributed by atoms with Gasteiger partial charge in [-0.2, -0.15) is 0 Å². The van der Waals surface area contributed by atoms with Gasteiger partial charge in [-0.1, -0.05) is 30.3 Å². The largest absolute Gasteiger partial charge is 0.445 e. The molecule has 2 aromatic carbocycles. The highest BCUT2D eigenvalue weighted by Gasteiger charge is 2.40. The minimum Gasteiger partial charge on any atom is -0.445 e. The molecule has 15 nitrogen and oxygen atoms in total. The molecule has 7 N–H and O–H groups in total. The Morgan fingerprint density at radius 2 is 1.79 bits per heavy atom. The first-order valence-electron chi connectivity index (χ1n) is 13.2. The van der Waals surface area contributed by atoms with Crippen LogP contribution in [0.5, 0.6) is 0 Å². The highest BCUT2D eigenvalue weighted by Crippen LogP contribution is 2.28. The predicted octanol–water partition coefficient (Wildman–Crippen LogP) is 0.753. The topological polar surface area (TPSA) is 230 Å². The number of nitro benzene ring substituents is 1. The molecule has 1 heterocycles. The summed E-state index contributed by atoms with van der Waals surface area (Å²) in [5, 5.41) is 13.6. The molecule has 0 spiro atoms. The van der Waals surface area contributed by atoms with E-state index in [0.29, 0.717) is 19.3 Å². The Bertz CT molecular complexity index is 1300. The van der Waals surface area contributed by atoms with E-state index >= 15 is 0 Å². The Hall–Kier alpha value is -5.21. The van der Waals surface area contributed by atoms with Gasteiger partial charge >= 0.3 is 6.09 Å². The number of nitrogens with zero attached hydrogens (tertiary/aromatic N) is 4. The van der Waals surface area contributed by atoms with Gasteiger partial charge in [-0.15, -0.1) is 0 Å². The monoisotopic (exact) mass is 582 g/mol. The molecule has 4 amide bonds. The lowest BCUT2D eigenvalue weighted by Gasteiger charge is -2.34. The Morgan fingerprint density at radius 3 is 2.40 bits per heavy atom. The number of nitrogens with one attached hydrogen (secondary N) is 1. The lowest BCUT2D eigenvalue weighted by Crippen LogP contribution is -2.56. The first kappa shape index (κ1) is 31.3. The van der Waals surface area contributed by atoms with Crippen molar-refractivity contribution in [2.24, 2.45) is 22.2 Å². The van der Waals surface area contributed by atoms with Gasteiger partial charge < -0.3 is 32.2 Å². The van der Waals surface area contributed by atoms with Crippen molar-refractivity contribution in [3.05, 3.63) is 70.3 Å². The van der Waals surface area contributed by atoms with E-state index in [1.54, 1.807) is 24.3 Å². The fraction of sp³-hybridized carbons (Fsp3) is 0.370. The van der Waals surface area contributed by atoms with Crippen LogP contribution < -0.4 is 27.4 Å². The molecule has 0 unspecified atom stereocenters. The molecular weight excluding hydrogens is 548 g/mol. The number of non-ortho nitro benzene ring substituents is 1. The number of alkyl carbamates (subject to hydrolysis) is 1. The zero-order valence-electron chi connectivity index (χ0n) is 22.9. The SMILES string of the molecule is NC(=O)[C@H](CCCN=C(N)N)N(C(=O)[C@@H]1CCCN1C(=O)CNC(=O)OCc1ccccc1)c1ccc([N+](=O)[O-])cc1. The number of ether oxygens (including phenoxy) is 1. The van der Waals surface area contributed by atoms with Crippen molar-refractivity contribution in [2.75, 3.05) is 24.5 Å². The van der Waals surface area contributed by atoms with Crippen molar-refractivity contribution in [1.29, 1.82) is 0 Å². The Labute approximate surface area is 241 Å². The number of benzene rings is 2. The van der Waals surface area contributed by atoms with Gasteiger partial charge in [-0.3, -0.25) is 34.4 Å². The highest BCUT2D eigenvalue weighted by molar-refractivity contribution is 6.04. The fourth-order valence-electron chi connectivity index (χ4n) is 4.59. The third kappa shape index (κ3) is 8.64. The van der Waals surface area contributed by atoms with E-state index in [4.69, 9.17) is 21.9 Å². The number of anilines is 1. The molecule has 0 aliphatic carbocycles. The molecule has 0 aromatic heterocycles. The smallest absolute Gasteiger partial charge is 0.407 e. The minimum atomic E-state index is -1.16. The predicted molar refractivity (Wildman–Crippen MR) is 153 cm³/mol. The first-order valence-corrected chi connectivity index (χ1v) is 13.2. The van der Waals surface area contributed by atoms with Gasteiger partial charge in [0.05, 0.1) is 4.92 Å². The van der Waals surface area contributed by atoms with Gasteiger partial charge in [0.1, 0.15) is 25.2 Å². The van der Waals surface area contributed by atoms with Crippen molar-refractivity contribution in [2.45, 2.75) is 44.4 Å². The lowest BCUT2D eigenvalue weighted by atomic mass is 10.0. The second kappa shape index (κ2) is 15.0. The average Bonchev–Trinajstić information content (AvgIpc) is 3.47. The van der Waals surface area contributed by atoms with Gasteiger partial charge in [-0.05, 0) is 43.4 Å². The molecule has 1 fully saturated rings. The van der Waals surface area contributed by atoms with Crippen LogP contribution in [0.25, 0.3) is 0 Å². The number of hydrogen-bond donors (Lipinski definition) is 4. The fourth-order valence-corrected chi connectivity index (χ4v) is 4.59. The van der Waals surface area contributed by atoms with Crippen LogP contribution >= 0.6 is 0 Å². The van der Waals surface area contributed by atoms with Crippen LogP contribution in [-0.4, -0.2) is 71.3 Å². The van der Waals surface area contributed by atoms with Crippen molar-refractivity contribution >= 4 is 41.1 Å². The van der Waals surface area contributed by atoms with Gasteiger partial charge in [0.25, 0.3) is 11.6 Å². The van der Waals surface area contributed by atoms with Crippen molar-refractivity contribution in [3.63, 3.8) is 0 Å². The quantitative estimate of drug-likeness (QED) is 0.0857. The van der Waals surface area contributed by atoms with Crippen molar-refractivity contribution in [3.8, 4) is 0 Å². The maximum absolute atomic E-state index is 14.0. The molecular formula is C27H34N8O7. The van der Waals surface area contributed by atoms with Crippen LogP contribution in [0.15, 0.2) is 59.6 Å². The third-order valence-electron chi connectivity index (χ3n) is 6.60. The van der Waals surface area contributed by atoms with E-state index < -0.39 is 47.4 Å². The van der Waals surface area contributed by atoms with E-state index in [1.165, 1.54) is 34.1 Å². The number of nitro groups is 1. The minimum absolute atomic E-state index is 0.0214. The van der Waals surface area contributed by atoms with Crippen LogP contribution in [0.1, 0.15) is 31.2 Å². The summed E-state index contributed by atoms with van der Waals surface area (Å²) in [5.74, 6) is -2.06. The highest BCUT2D eigenvalue weighted by atomic mass is 16.6. The van der Waals surface area contributed by atoms with Crippen LogP contribution in [-0.2, 0) is 25.7 Å². The zero-order valence-corrected chi connectivity index (χ0v) is 22.9. The number of nitrogens with two attached hydrogens (primary N) is 3. The first-order chi connectivity index (χ1) is 20.1. The maximum atomic E-state index is 14.0. The van der Waals surface area contributed by atoms with Crippen LogP contribution in [0.3, 0.4) is 0 Å². The summed E-state index contributed by atoms with van der Waals surface area (Å²) in [5.41, 5.74) is 17.2.